The van der Waals surface area contributed by atoms with Gasteiger partial charge in [-0.25, -0.2) is 4.79 Å². The van der Waals surface area contributed by atoms with E-state index in [1.165, 1.54) is 13.2 Å². The number of carbonyl (C=O) groups is 1. The van der Waals surface area contributed by atoms with Crippen LogP contribution in [0.2, 0.25) is 0 Å². The summed E-state index contributed by atoms with van der Waals surface area (Å²) >= 11 is 0. The number of para-hydroxylation sites is 1. The Morgan fingerprint density at radius 2 is 2.25 bits per heavy atom. The van der Waals surface area contributed by atoms with E-state index in [0.29, 0.717) is 5.75 Å². The summed E-state index contributed by atoms with van der Waals surface area (Å²) in [5.41, 5.74) is 0.743. The number of nitrogens with zero attached hydrogens (tertiary/aromatic N) is 1. The monoisotopic (exact) mass is 217 g/mol. The van der Waals surface area contributed by atoms with Crippen LogP contribution in [0.4, 0.5) is 0 Å². The molecule has 0 aliphatic heterocycles. The van der Waals surface area contributed by atoms with E-state index in [1.807, 2.05) is 12.1 Å². The maximum atomic E-state index is 10.9. The van der Waals surface area contributed by atoms with Gasteiger partial charge in [-0.15, -0.1) is 0 Å². The lowest BCUT2D eigenvalue weighted by molar-refractivity contribution is -0.142. The first-order valence-electron chi connectivity index (χ1n) is 4.62. The van der Waals surface area contributed by atoms with Crippen molar-refractivity contribution in [2.45, 2.75) is 0 Å². The second-order valence-electron chi connectivity index (χ2n) is 2.87. The number of benzene rings is 1. The largest absolute Gasteiger partial charge is 0.481 e. The van der Waals surface area contributed by atoms with Gasteiger partial charge in [0.2, 0.25) is 0 Å². The molecule has 0 saturated heterocycles. The number of esters is 1. The molecule has 0 heterocycles. The first kappa shape index (κ1) is 11.8. The summed E-state index contributed by atoms with van der Waals surface area (Å²) in [4.78, 5) is 10.9. The lowest BCUT2D eigenvalue weighted by atomic mass is 10.2. The lowest BCUT2D eigenvalue weighted by Gasteiger charge is -2.07. The maximum Gasteiger partial charge on any atom is 0.343 e. The highest BCUT2D eigenvalue weighted by Gasteiger charge is 2.04. The summed E-state index contributed by atoms with van der Waals surface area (Å²) in [6, 6.07) is 9.02. The van der Waals surface area contributed by atoms with E-state index in [9.17, 15) is 4.79 Å². The van der Waals surface area contributed by atoms with Crippen molar-refractivity contribution in [1.29, 1.82) is 5.26 Å². The predicted molar refractivity (Wildman–Crippen MR) is 58.6 cm³/mol. The van der Waals surface area contributed by atoms with Crippen molar-refractivity contribution in [2.75, 3.05) is 13.7 Å². The van der Waals surface area contributed by atoms with E-state index in [4.69, 9.17) is 10.00 Å². The summed E-state index contributed by atoms with van der Waals surface area (Å²) in [5, 5.41) is 8.42. The standard InChI is InChI=1S/C12H11NO3/c1-15-12(14)9-16-11-7-3-2-5-10(11)6-4-8-13/h2-7H,9H2,1H3. The molecule has 0 radical (unpaired) electrons. The average molecular weight is 217 g/mol. The molecule has 0 spiro atoms. The zero-order valence-corrected chi connectivity index (χ0v) is 8.84. The third kappa shape index (κ3) is 3.46. The Labute approximate surface area is 93.7 Å². The van der Waals surface area contributed by atoms with Crippen LogP contribution < -0.4 is 4.74 Å². The van der Waals surface area contributed by atoms with E-state index in [-0.39, 0.29) is 6.61 Å². The molecule has 1 aromatic carbocycles. The molecule has 4 nitrogen and oxygen atoms in total. The summed E-state index contributed by atoms with van der Waals surface area (Å²) in [5.74, 6) is 0.0958. The topological polar surface area (TPSA) is 59.3 Å². The summed E-state index contributed by atoms with van der Waals surface area (Å²) in [7, 11) is 1.30. The van der Waals surface area contributed by atoms with Crippen LogP contribution in [0.3, 0.4) is 0 Å². The van der Waals surface area contributed by atoms with Crippen LogP contribution in [0.15, 0.2) is 30.3 Å². The number of nitriles is 1. The van der Waals surface area contributed by atoms with Gasteiger partial charge >= 0.3 is 5.97 Å². The van der Waals surface area contributed by atoms with Crippen LogP contribution >= 0.6 is 0 Å². The molecule has 4 heteroatoms. The van der Waals surface area contributed by atoms with Gasteiger partial charge in [0, 0.05) is 11.6 Å². The number of methoxy groups -OCH3 is 1. The van der Waals surface area contributed by atoms with E-state index in [2.05, 4.69) is 4.74 Å². The molecule has 1 rings (SSSR count). The first-order chi connectivity index (χ1) is 7.77. The van der Waals surface area contributed by atoms with Gasteiger partial charge in [-0.1, -0.05) is 18.2 Å². The average Bonchev–Trinajstić information content (AvgIpc) is 2.34. The zero-order chi connectivity index (χ0) is 11.8. The minimum Gasteiger partial charge on any atom is -0.481 e. The van der Waals surface area contributed by atoms with Crippen LogP contribution in [-0.2, 0) is 9.53 Å². The molecule has 0 aliphatic carbocycles. The minimum absolute atomic E-state index is 0.145. The molecular formula is C12H11NO3. The van der Waals surface area contributed by atoms with Gasteiger partial charge in [-0.05, 0) is 12.1 Å². The van der Waals surface area contributed by atoms with Crippen molar-refractivity contribution < 1.29 is 14.3 Å². The first-order valence-corrected chi connectivity index (χ1v) is 4.62. The molecule has 0 bridgehead atoms. The van der Waals surface area contributed by atoms with Crippen molar-refractivity contribution >= 4 is 12.0 Å². The van der Waals surface area contributed by atoms with Gasteiger partial charge in [0.1, 0.15) is 5.75 Å². The number of hydrogen-bond acceptors (Lipinski definition) is 4. The lowest BCUT2D eigenvalue weighted by Crippen LogP contribution is -2.12. The van der Waals surface area contributed by atoms with Gasteiger partial charge in [-0.3, -0.25) is 0 Å². The Morgan fingerprint density at radius 3 is 2.94 bits per heavy atom. The highest BCUT2D eigenvalue weighted by atomic mass is 16.6. The molecule has 0 aliphatic rings. The normalized spacial score (nSPS) is 9.75. The van der Waals surface area contributed by atoms with E-state index >= 15 is 0 Å². The second-order valence-corrected chi connectivity index (χ2v) is 2.87. The summed E-state index contributed by atoms with van der Waals surface area (Å²) in [6.07, 6.45) is 2.97. The van der Waals surface area contributed by atoms with Crippen LogP contribution in [-0.4, -0.2) is 19.7 Å². The number of carbonyl (C=O) groups excluding carboxylic acids is 1. The highest BCUT2D eigenvalue weighted by molar-refractivity contribution is 5.71. The number of hydrogen-bond donors (Lipinski definition) is 0. The number of rotatable bonds is 4. The molecular weight excluding hydrogens is 206 g/mol. The summed E-state index contributed by atoms with van der Waals surface area (Å²) < 4.78 is 9.71. The van der Waals surface area contributed by atoms with E-state index < -0.39 is 5.97 Å². The van der Waals surface area contributed by atoms with Gasteiger partial charge in [0.15, 0.2) is 6.61 Å². The van der Waals surface area contributed by atoms with Gasteiger partial charge < -0.3 is 9.47 Å². The molecule has 0 fully saturated rings. The van der Waals surface area contributed by atoms with Gasteiger partial charge in [0.25, 0.3) is 0 Å². The van der Waals surface area contributed by atoms with Crippen molar-refractivity contribution in [1.82, 2.24) is 0 Å². The molecule has 0 saturated carbocycles. The molecule has 1 aromatic rings. The van der Waals surface area contributed by atoms with Crippen LogP contribution in [0, 0.1) is 11.3 Å². The Kier molecular flexibility index (Phi) is 4.61. The summed E-state index contributed by atoms with van der Waals surface area (Å²) in [6.45, 7) is -0.145. The maximum absolute atomic E-state index is 10.9. The van der Waals surface area contributed by atoms with Crippen molar-refractivity contribution in [3.8, 4) is 11.8 Å². The molecule has 0 N–H and O–H groups in total. The fraction of sp³-hybridized carbons (Fsp3) is 0.167. The van der Waals surface area contributed by atoms with Crippen molar-refractivity contribution in [3.63, 3.8) is 0 Å². The Bertz CT molecular complexity index is 432. The Hall–Kier alpha value is -2.28. The smallest absolute Gasteiger partial charge is 0.343 e. The third-order valence-electron chi connectivity index (χ3n) is 1.83. The molecule has 82 valence electrons. The van der Waals surface area contributed by atoms with Crippen LogP contribution in [0.1, 0.15) is 5.56 Å². The Balaban J connectivity index is 2.75. The fourth-order valence-corrected chi connectivity index (χ4v) is 1.07. The van der Waals surface area contributed by atoms with Crippen LogP contribution in [0.5, 0.6) is 5.75 Å². The quantitative estimate of drug-likeness (QED) is 0.569. The molecule has 0 unspecified atom stereocenters. The second kappa shape index (κ2) is 6.25. The van der Waals surface area contributed by atoms with Gasteiger partial charge in [-0.2, -0.15) is 5.26 Å². The number of ether oxygens (including phenoxy) is 2. The SMILES string of the molecule is COC(=O)COc1ccccc1C=CC#N. The van der Waals surface area contributed by atoms with E-state index in [1.54, 1.807) is 24.3 Å². The molecule has 0 aromatic heterocycles. The number of allylic oxidation sites excluding steroid dienone is 1. The Morgan fingerprint density at radius 1 is 1.50 bits per heavy atom. The minimum atomic E-state index is -0.445. The molecule has 16 heavy (non-hydrogen) atoms. The van der Waals surface area contributed by atoms with Crippen LogP contribution in [0.25, 0.3) is 6.08 Å². The highest BCUT2D eigenvalue weighted by Crippen LogP contribution is 2.19. The molecule has 0 amide bonds. The predicted octanol–water partition coefficient (Wildman–Crippen LogP) is 1.78. The van der Waals surface area contributed by atoms with E-state index in [0.717, 1.165) is 5.56 Å². The van der Waals surface area contributed by atoms with Gasteiger partial charge in [0.05, 0.1) is 13.2 Å². The third-order valence-corrected chi connectivity index (χ3v) is 1.83. The molecule has 0 atom stereocenters. The van der Waals surface area contributed by atoms with Crippen molar-refractivity contribution in [2.24, 2.45) is 0 Å². The zero-order valence-electron chi connectivity index (χ0n) is 8.84. The van der Waals surface area contributed by atoms with Crippen molar-refractivity contribution in [3.05, 3.63) is 35.9 Å². The fourth-order valence-electron chi connectivity index (χ4n) is 1.07.